The molecular formula is C14H25N3OS. The van der Waals surface area contributed by atoms with Crippen LogP contribution in [0, 0.1) is 11.8 Å². The predicted molar refractivity (Wildman–Crippen MR) is 80.2 cm³/mol. The van der Waals surface area contributed by atoms with Crippen molar-refractivity contribution in [2.24, 2.45) is 18.9 Å². The van der Waals surface area contributed by atoms with Gasteiger partial charge in [0.25, 0.3) is 0 Å². The highest BCUT2D eigenvalue weighted by atomic mass is 32.2. The van der Waals surface area contributed by atoms with Gasteiger partial charge in [0.15, 0.2) is 5.16 Å². The van der Waals surface area contributed by atoms with Crippen molar-refractivity contribution in [3.63, 3.8) is 0 Å². The summed E-state index contributed by atoms with van der Waals surface area (Å²) < 4.78 is 1.94. The summed E-state index contributed by atoms with van der Waals surface area (Å²) in [6.45, 7) is 10.2. The fourth-order valence-corrected chi connectivity index (χ4v) is 2.70. The van der Waals surface area contributed by atoms with Gasteiger partial charge in [0, 0.05) is 32.5 Å². The van der Waals surface area contributed by atoms with Crippen molar-refractivity contribution in [3.8, 4) is 0 Å². The monoisotopic (exact) mass is 283 g/mol. The van der Waals surface area contributed by atoms with Crippen molar-refractivity contribution in [3.05, 3.63) is 12.4 Å². The van der Waals surface area contributed by atoms with Crippen molar-refractivity contribution in [2.75, 3.05) is 18.8 Å². The van der Waals surface area contributed by atoms with Crippen LogP contribution in [0.1, 0.15) is 27.7 Å². The molecule has 0 bridgehead atoms. The number of imidazole rings is 1. The number of thioether (sulfide) groups is 1. The molecule has 1 aromatic heterocycles. The second-order valence-electron chi connectivity index (χ2n) is 5.70. The third-order valence-electron chi connectivity index (χ3n) is 2.63. The second kappa shape index (κ2) is 7.58. The topological polar surface area (TPSA) is 38.1 Å². The van der Waals surface area contributed by atoms with Gasteiger partial charge >= 0.3 is 0 Å². The SMILES string of the molecule is CC(C)CN(CC(C)C)C(=O)CSc1nccn1C. The van der Waals surface area contributed by atoms with Crippen LogP contribution in [0.15, 0.2) is 17.6 Å². The van der Waals surface area contributed by atoms with Crippen molar-refractivity contribution in [1.82, 2.24) is 14.5 Å². The van der Waals surface area contributed by atoms with Crippen LogP contribution < -0.4 is 0 Å². The van der Waals surface area contributed by atoms with Crippen LogP contribution in [0.25, 0.3) is 0 Å². The Hall–Kier alpha value is -0.970. The van der Waals surface area contributed by atoms with E-state index < -0.39 is 0 Å². The third kappa shape index (κ3) is 5.68. The minimum absolute atomic E-state index is 0.204. The Morgan fingerprint density at radius 2 is 1.89 bits per heavy atom. The summed E-state index contributed by atoms with van der Waals surface area (Å²) in [6.07, 6.45) is 3.65. The summed E-state index contributed by atoms with van der Waals surface area (Å²) >= 11 is 1.50. The third-order valence-corrected chi connectivity index (χ3v) is 3.67. The fraction of sp³-hybridized carbons (Fsp3) is 0.714. The highest BCUT2D eigenvalue weighted by molar-refractivity contribution is 7.99. The zero-order valence-electron chi connectivity index (χ0n) is 12.6. The summed E-state index contributed by atoms with van der Waals surface area (Å²) in [4.78, 5) is 18.5. The standard InChI is InChI=1S/C14H25N3OS/c1-11(2)8-17(9-12(3)4)13(18)10-19-14-15-6-7-16(14)5/h6-7,11-12H,8-10H2,1-5H3. The van der Waals surface area contributed by atoms with E-state index in [2.05, 4.69) is 32.7 Å². The van der Waals surface area contributed by atoms with E-state index in [9.17, 15) is 4.79 Å². The normalized spacial score (nSPS) is 11.3. The van der Waals surface area contributed by atoms with Gasteiger partial charge in [-0.05, 0) is 11.8 Å². The predicted octanol–water partition coefficient (Wildman–Crippen LogP) is 2.65. The van der Waals surface area contributed by atoms with E-state index in [1.54, 1.807) is 6.20 Å². The molecule has 1 rings (SSSR count). The molecule has 1 amide bonds. The van der Waals surface area contributed by atoms with E-state index in [1.165, 1.54) is 11.8 Å². The first-order valence-corrected chi connectivity index (χ1v) is 7.76. The van der Waals surface area contributed by atoms with Gasteiger partial charge < -0.3 is 9.47 Å². The molecule has 0 N–H and O–H groups in total. The van der Waals surface area contributed by atoms with Crippen molar-refractivity contribution in [2.45, 2.75) is 32.9 Å². The Morgan fingerprint density at radius 1 is 1.32 bits per heavy atom. The number of carbonyl (C=O) groups excluding carboxylic acids is 1. The van der Waals surface area contributed by atoms with Crippen LogP contribution in [0.2, 0.25) is 0 Å². The van der Waals surface area contributed by atoms with Crippen LogP contribution in [-0.2, 0) is 11.8 Å². The van der Waals surface area contributed by atoms with E-state index in [1.807, 2.05) is 22.7 Å². The van der Waals surface area contributed by atoms with Crippen molar-refractivity contribution >= 4 is 17.7 Å². The second-order valence-corrected chi connectivity index (χ2v) is 6.64. The minimum atomic E-state index is 0.204. The van der Waals surface area contributed by atoms with E-state index >= 15 is 0 Å². The van der Waals surface area contributed by atoms with E-state index in [0.717, 1.165) is 18.2 Å². The number of hydrogen-bond acceptors (Lipinski definition) is 3. The van der Waals surface area contributed by atoms with Gasteiger partial charge in [0.1, 0.15) is 0 Å². The summed E-state index contributed by atoms with van der Waals surface area (Å²) in [5.41, 5.74) is 0. The summed E-state index contributed by atoms with van der Waals surface area (Å²) in [5, 5.41) is 0.891. The van der Waals surface area contributed by atoms with Gasteiger partial charge in [-0.15, -0.1) is 0 Å². The largest absolute Gasteiger partial charge is 0.341 e. The lowest BCUT2D eigenvalue weighted by Crippen LogP contribution is -2.38. The van der Waals surface area contributed by atoms with E-state index in [0.29, 0.717) is 17.6 Å². The first kappa shape index (κ1) is 16.1. The van der Waals surface area contributed by atoms with Crippen LogP contribution in [0.4, 0.5) is 0 Å². The molecule has 0 aliphatic rings. The van der Waals surface area contributed by atoms with Gasteiger partial charge in [-0.25, -0.2) is 4.98 Å². The first-order chi connectivity index (χ1) is 8.90. The first-order valence-electron chi connectivity index (χ1n) is 6.78. The highest BCUT2D eigenvalue weighted by Crippen LogP contribution is 2.16. The lowest BCUT2D eigenvalue weighted by Gasteiger charge is -2.26. The Bertz CT molecular complexity index is 391. The highest BCUT2D eigenvalue weighted by Gasteiger charge is 2.17. The molecule has 108 valence electrons. The summed E-state index contributed by atoms with van der Waals surface area (Å²) in [5.74, 6) is 1.67. The number of aromatic nitrogens is 2. The average Bonchev–Trinajstić information content (AvgIpc) is 2.69. The number of nitrogens with zero attached hydrogens (tertiary/aromatic N) is 3. The lowest BCUT2D eigenvalue weighted by atomic mass is 10.1. The van der Waals surface area contributed by atoms with Crippen LogP contribution >= 0.6 is 11.8 Å². The van der Waals surface area contributed by atoms with Gasteiger partial charge in [0.2, 0.25) is 5.91 Å². The molecule has 1 heterocycles. The summed E-state index contributed by atoms with van der Waals surface area (Å²) in [7, 11) is 1.94. The minimum Gasteiger partial charge on any atom is -0.341 e. The molecule has 0 unspecified atom stereocenters. The number of rotatable bonds is 7. The lowest BCUT2D eigenvalue weighted by molar-refractivity contribution is -0.129. The smallest absolute Gasteiger partial charge is 0.233 e. The molecule has 0 aromatic carbocycles. The molecule has 0 aliphatic heterocycles. The maximum absolute atomic E-state index is 12.3. The van der Waals surface area contributed by atoms with Gasteiger partial charge in [-0.3, -0.25) is 4.79 Å². The molecule has 0 fully saturated rings. The maximum Gasteiger partial charge on any atom is 0.233 e. The molecule has 0 radical (unpaired) electrons. The molecule has 1 aromatic rings. The Labute approximate surface area is 120 Å². The molecule has 0 aliphatic carbocycles. The molecule has 4 nitrogen and oxygen atoms in total. The fourth-order valence-electron chi connectivity index (χ4n) is 1.87. The molecular weight excluding hydrogens is 258 g/mol. The Balaban J connectivity index is 2.54. The molecule has 0 spiro atoms. The average molecular weight is 283 g/mol. The molecule has 5 heteroatoms. The number of hydrogen-bond donors (Lipinski definition) is 0. The van der Waals surface area contributed by atoms with Gasteiger partial charge in [0.05, 0.1) is 5.75 Å². The maximum atomic E-state index is 12.3. The number of aryl methyl sites for hydroxylation is 1. The van der Waals surface area contributed by atoms with E-state index in [4.69, 9.17) is 0 Å². The molecule has 0 atom stereocenters. The molecule has 0 saturated heterocycles. The molecule has 19 heavy (non-hydrogen) atoms. The van der Waals surface area contributed by atoms with Gasteiger partial charge in [-0.2, -0.15) is 0 Å². The van der Waals surface area contributed by atoms with E-state index in [-0.39, 0.29) is 5.91 Å². The van der Waals surface area contributed by atoms with Gasteiger partial charge in [-0.1, -0.05) is 39.5 Å². The zero-order chi connectivity index (χ0) is 14.4. The Kier molecular flexibility index (Phi) is 6.42. The van der Waals surface area contributed by atoms with Crippen molar-refractivity contribution < 1.29 is 4.79 Å². The van der Waals surface area contributed by atoms with Crippen LogP contribution in [0.3, 0.4) is 0 Å². The quantitative estimate of drug-likeness (QED) is 0.722. The Morgan fingerprint density at radius 3 is 2.32 bits per heavy atom. The van der Waals surface area contributed by atoms with Crippen LogP contribution in [0.5, 0.6) is 0 Å². The summed E-state index contributed by atoms with van der Waals surface area (Å²) in [6, 6.07) is 0. The number of carbonyl (C=O) groups is 1. The molecule has 0 saturated carbocycles. The van der Waals surface area contributed by atoms with Crippen molar-refractivity contribution in [1.29, 1.82) is 0 Å². The number of amides is 1. The van der Waals surface area contributed by atoms with Crippen LogP contribution in [-0.4, -0.2) is 39.2 Å². The zero-order valence-corrected chi connectivity index (χ0v) is 13.4.